The molecule has 3 rings (SSSR count). The van der Waals surface area contributed by atoms with Crippen molar-refractivity contribution in [3.63, 3.8) is 0 Å². The summed E-state index contributed by atoms with van der Waals surface area (Å²) in [6.45, 7) is 9.63. The van der Waals surface area contributed by atoms with Crippen molar-refractivity contribution >= 4 is 0 Å². The molecule has 1 aromatic rings. The second-order valence-electron chi connectivity index (χ2n) is 6.86. The van der Waals surface area contributed by atoms with Gasteiger partial charge in [-0.1, -0.05) is 26.5 Å². The summed E-state index contributed by atoms with van der Waals surface area (Å²) in [4.78, 5) is 0. The van der Waals surface area contributed by atoms with Gasteiger partial charge in [0.2, 0.25) is 0 Å². The lowest BCUT2D eigenvalue weighted by Gasteiger charge is -2.36. The molecule has 1 heterocycles. The average molecular weight is 304 g/mol. The van der Waals surface area contributed by atoms with E-state index >= 15 is 0 Å². The van der Waals surface area contributed by atoms with Crippen molar-refractivity contribution in [2.45, 2.75) is 32.2 Å². The molecule has 1 aliphatic heterocycles. The summed E-state index contributed by atoms with van der Waals surface area (Å²) in [7, 11) is 1.65. The second kappa shape index (κ2) is 5.60. The Morgan fingerprint density at radius 2 is 1.77 bits per heavy atom. The van der Waals surface area contributed by atoms with Gasteiger partial charge in [-0.05, 0) is 24.3 Å². The Bertz CT molecular complexity index is 525. The predicted molar refractivity (Wildman–Crippen MR) is 84.1 cm³/mol. The molecule has 2 fully saturated rings. The van der Waals surface area contributed by atoms with Crippen molar-refractivity contribution < 1.29 is 18.9 Å². The Morgan fingerprint density at radius 1 is 1.18 bits per heavy atom. The molecule has 1 saturated carbocycles. The molecular formula is C18H24O4. The summed E-state index contributed by atoms with van der Waals surface area (Å²) in [5, 5.41) is 0. The monoisotopic (exact) mass is 304 g/mol. The molecule has 0 amide bonds. The molecule has 0 N–H and O–H groups in total. The van der Waals surface area contributed by atoms with Crippen molar-refractivity contribution in [2.24, 2.45) is 11.3 Å². The highest BCUT2D eigenvalue weighted by Crippen LogP contribution is 2.54. The van der Waals surface area contributed by atoms with Crippen molar-refractivity contribution in [1.82, 2.24) is 0 Å². The number of rotatable bonds is 5. The van der Waals surface area contributed by atoms with Crippen LogP contribution in [0.5, 0.6) is 11.5 Å². The highest BCUT2D eigenvalue weighted by atomic mass is 16.7. The maximum absolute atomic E-state index is 6.03. The van der Waals surface area contributed by atoms with Gasteiger partial charge in [-0.15, -0.1) is 0 Å². The number of methoxy groups -OCH3 is 1. The fourth-order valence-electron chi connectivity index (χ4n) is 2.77. The zero-order valence-electron chi connectivity index (χ0n) is 13.5. The molecule has 0 unspecified atom stereocenters. The van der Waals surface area contributed by atoms with Crippen LogP contribution in [0.2, 0.25) is 0 Å². The highest BCUT2D eigenvalue weighted by Gasteiger charge is 2.63. The van der Waals surface area contributed by atoms with Crippen LogP contribution in [0.15, 0.2) is 36.9 Å². The summed E-state index contributed by atoms with van der Waals surface area (Å²) >= 11 is 0. The Hall–Kier alpha value is -1.52. The van der Waals surface area contributed by atoms with E-state index in [9.17, 15) is 0 Å². The zero-order valence-corrected chi connectivity index (χ0v) is 13.5. The molecule has 0 bridgehead atoms. The molecule has 0 radical (unpaired) electrons. The first kappa shape index (κ1) is 15.4. The minimum atomic E-state index is -0.471. The minimum Gasteiger partial charge on any atom is -0.497 e. The molecular weight excluding hydrogens is 280 g/mol. The van der Waals surface area contributed by atoms with Crippen LogP contribution in [0.4, 0.5) is 0 Å². The first-order valence-electron chi connectivity index (χ1n) is 7.69. The van der Waals surface area contributed by atoms with Gasteiger partial charge >= 0.3 is 0 Å². The Labute approximate surface area is 132 Å². The number of benzene rings is 1. The van der Waals surface area contributed by atoms with Crippen LogP contribution in [-0.4, -0.2) is 32.2 Å². The van der Waals surface area contributed by atoms with Crippen LogP contribution in [0.3, 0.4) is 0 Å². The number of hydrogen-bond donors (Lipinski definition) is 0. The van der Waals surface area contributed by atoms with E-state index in [-0.39, 0.29) is 17.4 Å². The summed E-state index contributed by atoms with van der Waals surface area (Å²) in [5.41, 5.74) is 0.0822. The fourth-order valence-corrected chi connectivity index (χ4v) is 2.77. The van der Waals surface area contributed by atoms with E-state index in [0.717, 1.165) is 31.1 Å². The van der Waals surface area contributed by atoms with Gasteiger partial charge in [0, 0.05) is 11.8 Å². The average Bonchev–Trinajstić information content (AvgIpc) is 3.23. The van der Waals surface area contributed by atoms with E-state index in [4.69, 9.17) is 18.9 Å². The number of hydrogen-bond acceptors (Lipinski definition) is 4. The van der Waals surface area contributed by atoms with Gasteiger partial charge in [-0.25, -0.2) is 0 Å². The molecule has 22 heavy (non-hydrogen) atoms. The van der Waals surface area contributed by atoms with E-state index in [1.54, 1.807) is 7.11 Å². The lowest BCUT2D eigenvalue weighted by molar-refractivity contribution is -0.252. The molecule has 2 atom stereocenters. The van der Waals surface area contributed by atoms with E-state index in [1.807, 2.05) is 30.3 Å². The molecule has 4 heteroatoms. The minimum absolute atomic E-state index is 0.0822. The predicted octanol–water partition coefficient (Wildman–Crippen LogP) is 3.42. The van der Waals surface area contributed by atoms with Gasteiger partial charge in [-0.3, -0.25) is 0 Å². The van der Waals surface area contributed by atoms with Gasteiger partial charge in [0.25, 0.3) is 0 Å². The van der Waals surface area contributed by atoms with E-state index in [0.29, 0.717) is 0 Å². The smallest absolute Gasteiger partial charge is 0.175 e. The summed E-state index contributed by atoms with van der Waals surface area (Å²) in [5.74, 6) is 1.33. The van der Waals surface area contributed by atoms with Gasteiger partial charge < -0.3 is 18.9 Å². The van der Waals surface area contributed by atoms with E-state index < -0.39 is 5.79 Å². The normalized spacial score (nSPS) is 26.2. The largest absolute Gasteiger partial charge is 0.497 e. The second-order valence-corrected chi connectivity index (χ2v) is 6.86. The van der Waals surface area contributed by atoms with Crippen LogP contribution in [-0.2, 0) is 9.47 Å². The Balaban J connectivity index is 1.62. The molecule has 1 saturated heterocycles. The van der Waals surface area contributed by atoms with Crippen LogP contribution >= 0.6 is 0 Å². The molecule has 1 spiro atoms. The zero-order chi connectivity index (χ0) is 15.8. The molecule has 120 valence electrons. The first-order valence-corrected chi connectivity index (χ1v) is 7.69. The van der Waals surface area contributed by atoms with Crippen molar-refractivity contribution in [3.05, 3.63) is 36.9 Å². The number of ether oxygens (including phenoxy) is 4. The summed E-state index contributed by atoms with van der Waals surface area (Å²) in [6, 6.07) is 7.56. The molecule has 1 aliphatic carbocycles. The van der Waals surface area contributed by atoms with Gasteiger partial charge in [-0.2, -0.15) is 0 Å². The van der Waals surface area contributed by atoms with Crippen LogP contribution in [0.25, 0.3) is 0 Å². The third kappa shape index (κ3) is 2.99. The maximum Gasteiger partial charge on any atom is 0.175 e. The molecule has 0 aromatic heterocycles. The Morgan fingerprint density at radius 3 is 2.32 bits per heavy atom. The third-order valence-electron chi connectivity index (χ3n) is 4.28. The molecule has 1 aromatic carbocycles. The lowest BCUT2D eigenvalue weighted by atomic mass is 9.95. The van der Waals surface area contributed by atoms with Crippen LogP contribution in [0.1, 0.15) is 20.3 Å². The van der Waals surface area contributed by atoms with Crippen molar-refractivity contribution in [2.75, 3.05) is 20.3 Å². The van der Waals surface area contributed by atoms with Crippen molar-refractivity contribution in [3.8, 4) is 11.5 Å². The maximum atomic E-state index is 6.03. The SMILES string of the molecule is C=C[C@H](Oc1ccc(OC)cc1)[C@@H]1CC12OCC(C)(C)CO2. The summed E-state index contributed by atoms with van der Waals surface area (Å²) < 4.78 is 23.2. The highest BCUT2D eigenvalue weighted by molar-refractivity contribution is 5.31. The van der Waals surface area contributed by atoms with Crippen LogP contribution in [0, 0.1) is 11.3 Å². The van der Waals surface area contributed by atoms with Gasteiger partial charge in [0.05, 0.1) is 26.2 Å². The van der Waals surface area contributed by atoms with Crippen molar-refractivity contribution in [1.29, 1.82) is 0 Å². The molecule has 2 aliphatic rings. The third-order valence-corrected chi connectivity index (χ3v) is 4.28. The Kier molecular flexibility index (Phi) is 3.91. The quantitative estimate of drug-likeness (QED) is 0.781. The first-order chi connectivity index (χ1) is 10.5. The fraction of sp³-hybridized carbons (Fsp3) is 0.556. The van der Waals surface area contributed by atoms with Crippen LogP contribution < -0.4 is 9.47 Å². The summed E-state index contributed by atoms with van der Waals surface area (Å²) in [6.07, 6.45) is 2.57. The topological polar surface area (TPSA) is 36.9 Å². The van der Waals surface area contributed by atoms with E-state index in [1.165, 1.54) is 0 Å². The standard InChI is InChI=1S/C18H24O4/c1-5-16(22-14-8-6-13(19-4)7-9-14)15-10-18(15)20-11-17(2,3)12-21-18/h5-9,15-16H,1,10-12H2,2-4H3/t15-,16-/m0/s1. The lowest BCUT2D eigenvalue weighted by Crippen LogP contribution is -2.41. The van der Waals surface area contributed by atoms with Gasteiger partial charge in [0.15, 0.2) is 5.79 Å². The van der Waals surface area contributed by atoms with E-state index in [2.05, 4.69) is 20.4 Å². The van der Waals surface area contributed by atoms with Gasteiger partial charge in [0.1, 0.15) is 17.6 Å². The molecule has 4 nitrogen and oxygen atoms in total.